The number of fused-ring (bicyclic) bond motifs is 1. The van der Waals surface area contributed by atoms with E-state index in [1.807, 2.05) is 17.5 Å². The number of aromatic nitrogens is 3. The van der Waals surface area contributed by atoms with E-state index < -0.39 is 5.91 Å². The van der Waals surface area contributed by atoms with Gasteiger partial charge < -0.3 is 5.32 Å². The van der Waals surface area contributed by atoms with Gasteiger partial charge in [-0.3, -0.25) is 14.9 Å². The molecule has 0 saturated heterocycles. The van der Waals surface area contributed by atoms with Gasteiger partial charge in [-0.15, -0.1) is 16.4 Å². The minimum absolute atomic E-state index is 0.130. The van der Waals surface area contributed by atoms with E-state index in [-0.39, 0.29) is 18.3 Å². The highest BCUT2D eigenvalue weighted by molar-refractivity contribution is 7.15. The number of benzene rings is 1. The Morgan fingerprint density at radius 3 is 2.71 bits per heavy atom. The van der Waals surface area contributed by atoms with E-state index in [1.54, 1.807) is 22.7 Å². The molecule has 0 unspecified atom stereocenters. The van der Waals surface area contributed by atoms with E-state index in [1.165, 1.54) is 18.3 Å². The maximum Gasteiger partial charge on any atom is 0.250 e. The highest BCUT2D eigenvalue weighted by Gasteiger charge is 2.13. The van der Waals surface area contributed by atoms with E-state index >= 15 is 0 Å². The van der Waals surface area contributed by atoms with Crippen LogP contribution in [-0.2, 0) is 9.59 Å². The molecule has 0 bridgehead atoms. The molecule has 2 heterocycles. The lowest BCUT2D eigenvalue weighted by molar-refractivity contribution is -0.115. The first-order valence-electron chi connectivity index (χ1n) is 6.96. The Balaban J connectivity index is 1.87. The lowest BCUT2D eigenvalue weighted by Gasteiger charge is -2.03. The molecule has 0 radical (unpaired) electrons. The Morgan fingerprint density at radius 1 is 1.29 bits per heavy atom. The fraction of sp³-hybridized carbons (Fsp3) is 0.133. The van der Waals surface area contributed by atoms with Gasteiger partial charge >= 0.3 is 0 Å². The van der Waals surface area contributed by atoms with Crippen molar-refractivity contribution in [1.82, 2.24) is 14.6 Å². The molecule has 9 heteroatoms. The molecule has 0 atom stereocenters. The van der Waals surface area contributed by atoms with E-state index in [0.29, 0.717) is 10.6 Å². The molecule has 0 spiro atoms. The molecule has 24 heavy (non-hydrogen) atoms. The summed E-state index contributed by atoms with van der Waals surface area (Å²) in [6, 6.07) is 9.09. The third-order valence-corrected chi connectivity index (χ3v) is 3.89. The summed E-state index contributed by atoms with van der Waals surface area (Å²) in [5.41, 5.74) is 2.42. The molecule has 120 valence electrons. The summed E-state index contributed by atoms with van der Waals surface area (Å²) in [5.74, 6) is -0.412. The van der Waals surface area contributed by atoms with Crippen LogP contribution in [-0.4, -0.2) is 26.4 Å². The quantitative estimate of drug-likeness (QED) is 0.756. The summed E-state index contributed by atoms with van der Waals surface area (Å²) in [6.45, 7) is 1.45. The summed E-state index contributed by atoms with van der Waals surface area (Å²) >= 11 is 1.39. The fourth-order valence-corrected chi connectivity index (χ4v) is 2.93. The molecule has 3 aromatic rings. The van der Waals surface area contributed by atoms with E-state index in [2.05, 4.69) is 20.7 Å². The van der Waals surface area contributed by atoms with Crippen molar-refractivity contribution in [1.29, 1.82) is 5.26 Å². The zero-order valence-electron chi connectivity index (χ0n) is 12.6. The Labute approximate surface area is 140 Å². The van der Waals surface area contributed by atoms with Crippen molar-refractivity contribution in [3.8, 4) is 17.3 Å². The predicted molar refractivity (Wildman–Crippen MR) is 89.5 cm³/mol. The number of hydrogen-bond acceptors (Lipinski definition) is 6. The monoisotopic (exact) mass is 340 g/mol. The van der Waals surface area contributed by atoms with Gasteiger partial charge in [0.05, 0.1) is 11.8 Å². The number of thiazole rings is 1. The first-order valence-corrected chi connectivity index (χ1v) is 7.84. The minimum Gasteiger partial charge on any atom is -0.326 e. The van der Waals surface area contributed by atoms with Crippen molar-refractivity contribution >= 4 is 39.7 Å². The van der Waals surface area contributed by atoms with E-state index in [4.69, 9.17) is 5.26 Å². The topological polar surface area (TPSA) is 112 Å². The van der Waals surface area contributed by atoms with Gasteiger partial charge in [0, 0.05) is 23.6 Å². The summed E-state index contributed by atoms with van der Waals surface area (Å²) in [7, 11) is 0. The summed E-state index contributed by atoms with van der Waals surface area (Å²) in [6.07, 6.45) is -0.246. The lowest BCUT2D eigenvalue weighted by atomic mass is 10.1. The van der Waals surface area contributed by atoms with Crippen LogP contribution >= 0.6 is 11.3 Å². The number of nitrogens with one attached hydrogen (secondary N) is 2. The number of hydrogen-bond donors (Lipinski definition) is 2. The molecule has 0 aliphatic rings. The standard InChI is InChI=1S/C15H12N6O2S/c1-9(22)17-11-4-2-10(3-5-11)12-8-24-15-19-14(20-21(12)15)18-13(23)6-7-16/h2-5,8H,6H2,1H3,(H,17,22)(H,18,20,23). The largest absolute Gasteiger partial charge is 0.326 e. The Bertz CT molecular complexity index is 951. The highest BCUT2D eigenvalue weighted by atomic mass is 32.1. The smallest absolute Gasteiger partial charge is 0.250 e. The van der Waals surface area contributed by atoms with Crippen LogP contribution in [0.5, 0.6) is 0 Å². The highest BCUT2D eigenvalue weighted by Crippen LogP contribution is 2.27. The lowest BCUT2D eigenvalue weighted by Crippen LogP contribution is -2.11. The third-order valence-electron chi connectivity index (χ3n) is 3.07. The van der Waals surface area contributed by atoms with Crippen molar-refractivity contribution in [2.75, 3.05) is 10.6 Å². The Kier molecular flexibility index (Phi) is 4.22. The molecular formula is C15H12N6O2S. The normalized spacial score (nSPS) is 10.3. The van der Waals surface area contributed by atoms with Crippen LogP contribution in [0, 0.1) is 11.3 Å². The second-order valence-corrected chi connectivity index (χ2v) is 5.73. The van der Waals surface area contributed by atoms with Crippen LogP contribution < -0.4 is 10.6 Å². The maximum absolute atomic E-state index is 11.4. The van der Waals surface area contributed by atoms with Gasteiger partial charge in [0.1, 0.15) is 6.42 Å². The molecule has 0 aliphatic heterocycles. The van der Waals surface area contributed by atoms with E-state index in [0.717, 1.165) is 11.3 Å². The predicted octanol–water partition coefficient (Wildman–Crippen LogP) is 2.27. The van der Waals surface area contributed by atoms with Crippen LogP contribution in [0.1, 0.15) is 13.3 Å². The average Bonchev–Trinajstić information content (AvgIpc) is 3.07. The van der Waals surface area contributed by atoms with Crippen molar-refractivity contribution in [3.05, 3.63) is 29.6 Å². The second-order valence-electron chi connectivity index (χ2n) is 4.89. The average molecular weight is 340 g/mol. The van der Waals surface area contributed by atoms with Gasteiger partial charge in [-0.1, -0.05) is 12.1 Å². The van der Waals surface area contributed by atoms with Crippen LogP contribution in [0.4, 0.5) is 11.6 Å². The molecule has 2 N–H and O–H groups in total. The van der Waals surface area contributed by atoms with Gasteiger partial charge in [-0.25, -0.2) is 4.52 Å². The van der Waals surface area contributed by atoms with Crippen LogP contribution in [0.15, 0.2) is 29.6 Å². The van der Waals surface area contributed by atoms with Crippen LogP contribution in [0.3, 0.4) is 0 Å². The SMILES string of the molecule is CC(=O)Nc1ccc(-c2csc3nc(NC(=O)CC#N)nn23)cc1. The number of nitriles is 1. The van der Waals surface area contributed by atoms with Crippen molar-refractivity contribution < 1.29 is 9.59 Å². The zero-order valence-corrected chi connectivity index (χ0v) is 13.4. The van der Waals surface area contributed by atoms with Gasteiger partial charge in [-0.05, 0) is 12.1 Å². The van der Waals surface area contributed by atoms with Crippen LogP contribution in [0.25, 0.3) is 16.2 Å². The second kappa shape index (κ2) is 6.47. The molecule has 2 amide bonds. The molecule has 1 aromatic carbocycles. The number of anilines is 2. The molecule has 8 nitrogen and oxygen atoms in total. The van der Waals surface area contributed by atoms with Crippen molar-refractivity contribution in [3.63, 3.8) is 0 Å². The number of carbonyl (C=O) groups is 2. The number of rotatable bonds is 4. The maximum atomic E-state index is 11.4. The summed E-state index contributed by atoms with van der Waals surface area (Å²) < 4.78 is 1.63. The number of nitrogens with zero attached hydrogens (tertiary/aromatic N) is 4. The number of carbonyl (C=O) groups excluding carboxylic acids is 2. The Hall–Kier alpha value is -3.25. The number of amides is 2. The van der Waals surface area contributed by atoms with Crippen molar-refractivity contribution in [2.24, 2.45) is 0 Å². The summed E-state index contributed by atoms with van der Waals surface area (Å²) in [4.78, 5) is 27.3. The van der Waals surface area contributed by atoms with Gasteiger partial charge in [-0.2, -0.15) is 10.2 Å². The van der Waals surface area contributed by atoms with Gasteiger partial charge in [0.2, 0.25) is 22.7 Å². The molecular weight excluding hydrogens is 328 g/mol. The third kappa shape index (κ3) is 3.23. The first kappa shape index (κ1) is 15.6. The molecule has 0 aliphatic carbocycles. The van der Waals surface area contributed by atoms with Crippen molar-refractivity contribution in [2.45, 2.75) is 13.3 Å². The van der Waals surface area contributed by atoms with Gasteiger partial charge in [0.15, 0.2) is 0 Å². The molecule has 2 aromatic heterocycles. The fourth-order valence-electron chi connectivity index (χ4n) is 2.10. The molecule has 0 fully saturated rings. The minimum atomic E-state index is -0.447. The molecule has 3 rings (SSSR count). The Morgan fingerprint density at radius 2 is 2.04 bits per heavy atom. The molecule has 0 saturated carbocycles. The van der Waals surface area contributed by atoms with E-state index in [9.17, 15) is 9.59 Å². The van der Waals surface area contributed by atoms with Gasteiger partial charge in [0.25, 0.3) is 0 Å². The summed E-state index contributed by atoms with van der Waals surface area (Å²) in [5, 5.41) is 19.8. The first-order chi connectivity index (χ1) is 11.6. The zero-order chi connectivity index (χ0) is 17.1. The van der Waals surface area contributed by atoms with Crippen LogP contribution in [0.2, 0.25) is 0 Å².